The fraction of sp³-hybridized carbons (Fsp3) is 0.167. The number of ether oxygens (including phenoxy) is 3. The van der Waals surface area contributed by atoms with Crippen molar-refractivity contribution in [2.24, 2.45) is 0 Å². The Morgan fingerprint density at radius 1 is 1.11 bits per heavy atom. The van der Waals surface area contributed by atoms with Crippen LogP contribution >= 0.6 is 11.6 Å². The van der Waals surface area contributed by atoms with Gasteiger partial charge in [-0.05, 0) is 24.3 Å². The molecule has 9 heteroatoms. The first kappa shape index (κ1) is 20.6. The molecule has 2 aromatic rings. The second-order valence-electron chi connectivity index (χ2n) is 5.26. The summed E-state index contributed by atoms with van der Waals surface area (Å²) in [7, 11) is -1.15. The summed E-state index contributed by atoms with van der Waals surface area (Å²) < 4.78 is 43.0. The lowest BCUT2D eigenvalue weighted by Gasteiger charge is -2.14. The molecular formula is C18H18ClNO6S. The smallest absolute Gasteiger partial charge is 0.340 e. The minimum Gasteiger partial charge on any atom is -0.493 e. The van der Waals surface area contributed by atoms with Crippen molar-refractivity contribution >= 4 is 33.3 Å². The third-order valence-electron chi connectivity index (χ3n) is 3.42. The Balaban J connectivity index is 2.33. The maximum Gasteiger partial charge on any atom is 0.340 e. The van der Waals surface area contributed by atoms with Crippen molar-refractivity contribution in [1.29, 1.82) is 0 Å². The van der Waals surface area contributed by atoms with Crippen molar-refractivity contribution in [2.75, 3.05) is 25.5 Å². The molecular weight excluding hydrogens is 394 g/mol. The van der Waals surface area contributed by atoms with Crippen molar-refractivity contribution in [3.8, 4) is 11.5 Å². The number of carbonyl (C=O) groups is 1. The van der Waals surface area contributed by atoms with Crippen LogP contribution in [0.2, 0.25) is 0 Å². The highest BCUT2D eigenvalue weighted by molar-refractivity contribution is 7.92. The molecule has 7 nitrogen and oxygen atoms in total. The summed E-state index contributed by atoms with van der Waals surface area (Å²) in [6.07, 6.45) is 0. The van der Waals surface area contributed by atoms with E-state index in [9.17, 15) is 13.2 Å². The number of para-hydroxylation sites is 1. The van der Waals surface area contributed by atoms with E-state index in [1.54, 1.807) is 12.1 Å². The number of esters is 1. The predicted molar refractivity (Wildman–Crippen MR) is 102 cm³/mol. The van der Waals surface area contributed by atoms with Gasteiger partial charge >= 0.3 is 5.97 Å². The maximum absolute atomic E-state index is 12.7. The molecule has 0 amide bonds. The minimum absolute atomic E-state index is 0.0412. The average molecular weight is 412 g/mol. The summed E-state index contributed by atoms with van der Waals surface area (Å²) in [5.74, 6) is -0.0853. The van der Waals surface area contributed by atoms with E-state index >= 15 is 0 Å². The molecule has 0 atom stereocenters. The molecule has 0 aliphatic carbocycles. The summed E-state index contributed by atoms with van der Waals surface area (Å²) >= 11 is 5.58. The zero-order valence-electron chi connectivity index (χ0n) is 14.7. The van der Waals surface area contributed by atoms with Gasteiger partial charge in [-0.15, -0.1) is 0 Å². The van der Waals surface area contributed by atoms with Crippen LogP contribution < -0.4 is 14.2 Å². The lowest BCUT2D eigenvalue weighted by atomic mass is 10.2. The number of anilines is 1. The maximum atomic E-state index is 12.7. The number of rotatable bonds is 8. The summed E-state index contributed by atoms with van der Waals surface area (Å²) in [6.45, 7) is 3.24. The summed E-state index contributed by atoms with van der Waals surface area (Å²) in [6, 6.07) is 10.2. The molecule has 0 fully saturated rings. The average Bonchev–Trinajstić information content (AvgIpc) is 2.65. The Hall–Kier alpha value is -2.71. The van der Waals surface area contributed by atoms with E-state index in [0.717, 1.165) is 0 Å². The van der Waals surface area contributed by atoms with E-state index in [1.807, 2.05) is 0 Å². The predicted octanol–water partition coefficient (Wildman–Crippen LogP) is 3.41. The van der Waals surface area contributed by atoms with Crippen LogP contribution in [-0.2, 0) is 14.8 Å². The zero-order valence-corrected chi connectivity index (χ0v) is 16.3. The SMILES string of the molecule is C=C(Cl)COC(=O)c1ccccc1NS(=O)(=O)c1ccc(OC)c(OC)c1. The third-order valence-corrected chi connectivity index (χ3v) is 4.89. The molecule has 2 rings (SSSR count). The number of benzene rings is 2. The second kappa shape index (κ2) is 8.79. The molecule has 0 bridgehead atoms. The molecule has 0 saturated carbocycles. The number of sulfonamides is 1. The van der Waals surface area contributed by atoms with E-state index in [0.29, 0.717) is 5.75 Å². The quantitative estimate of drug-likeness (QED) is 0.669. The minimum atomic E-state index is -4.00. The molecule has 0 spiro atoms. The molecule has 0 aliphatic heterocycles. The van der Waals surface area contributed by atoms with Crippen molar-refractivity contribution in [3.05, 3.63) is 59.6 Å². The van der Waals surface area contributed by atoms with Gasteiger partial charge in [0.2, 0.25) is 0 Å². The first-order valence-corrected chi connectivity index (χ1v) is 9.49. The van der Waals surface area contributed by atoms with Gasteiger partial charge in [-0.2, -0.15) is 0 Å². The standard InChI is InChI=1S/C18H18ClNO6S/c1-12(19)11-26-18(21)14-6-4-5-7-15(14)20-27(22,23)13-8-9-16(24-2)17(10-13)25-3/h4-10,20H,1,11H2,2-3H3. The number of nitrogens with one attached hydrogen (secondary N) is 1. The molecule has 2 aromatic carbocycles. The van der Waals surface area contributed by atoms with Crippen LogP contribution in [0.5, 0.6) is 11.5 Å². The summed E-state index contributed by atoms with van der Waals surface area (Å²) in [5.41, 5.74) is 0.108. The van der Waals surface area contributed by atoms with Gasteiger partial charge in [-0.1, -0.05) is 30.3 Å². The Labute approximate surface area is 162 Å². The lowest BCUT2D eigenvalue weighted by Crippen LogP contribution is -2.17. The van der Waals surface area contributed by atoms with Crippen LogP contribution in [0, 0.1) is 0 Å². The Morgan fingerprint density at radius 2 is 1.78 bits per heavy atom. The Kier molecular flexibility index (Phi) is 6.70. The third kappa shape index (κ3) is 5.15. The van der Waals surface area contributed by atoms with Crippen LogP contribution in [0.1, 0.15) is 10.4 Å². The number of halogens is 1. The summed E-state index contributed by atoms with van der Waals surface area (Å²) in [5, 5.41) is 0.145. The van der Waals surface area contributed by atoms with Gasteiger partial charge < -0.3 is 14.2 Å². The lowest BCUT2D eigenvalue weighted by molar-refractivity contribution is 0.0547. The molecule has 1 N–H and O–H groups in total. The molecule has 144 valence electrons. The molecule has 0 aromatic heterocycles. The Bertz CT molecular complexity index is 958. The van der Waals surface area contributed by atoms with Gasteiger partial charge in [0.1, 0.15) is 6.61 Å². The highest BCUT2D eigenvalue weighted by Crippen LogP contribution is 2.30. The van der Waals surface area contributed by atoms with Gasteiger partial charge in [-0.3, -0.25) is 4.72 Å². The van der Waals surface area contributed by atoms with Crippen molar-refractivity contribution < 1.29 is 27.4 Å². The molecule has 0 aliphatic rings. The number of carbonyl (C=O) groups excluding carboxylic acids is 1. The van der Waals surface area contributed by atoms with Crippen LogP contribution in [0.4, 0.5) is 5.69 Å². The number of hydrogen-bond donors (Lipinski definition) is 1. The normalized spacial score (nSPS) is 10.8. The van der Waals surface area contributed by atoms with Gasteiger partial charge in [0.15, 0.2) is 11.5 Å². The van der Waals surface area contributed by atoms with Gasteiger partial charge in [0, 0.05) is 11.1 Å². The topological polar surface area (TPSA) is 90.9 Å². The van der Waals surface area contributed by atoms with E-state index in [-0.39, 0.29) is 33.5 Å². The second-order valence-corrected chi connectivity index (χ2v) is 7.48. The molecule has 27 heavy (non-hydrogen) atoms. The molecule has 0 radical (unpaired) electrons. The van der Waals surface area contributed by atoms with Crippen LogP contribution in [-0.4, -0.2) is 35.2 Å². The number of hydrogen-bond acceptors (Lipinski definition) is 6. The monoisotopic (exact) mass is 411 g/mol. The van der Waals surface area contributed by atoms with Crippen molar-refractivity contribution in [3.63, 3.8) is 0 Å². The Morgan fingerprint density at radius 3 is 2.41 bits per heavy atom. The van der Waals surface area contributed by atoms with Crippen molar-refractivity contribution in [2.45, 2.75) is 4.90 Å². The zero-order chi connectivity index (χ0) is 20.0. The van der Waals surface area contributed by atoms with Crippen LogP contribution in [0.25, 0.3) is 0 Å². The first-order chi connectivity index (χ1) is 12.8. The van der Waals surface area contributed by atoms with Crippen LogP contribution in [0.3, 0.4) is 0 Å². The van der Waals surface area contributed by atoms with Crippen molar-refractivity contribution in [1.82, 2.24) is 0 Å². The van der Waals surface area contributed by atoms with Gasteiger partial charge in [0.25, 0.3) is 10.0 Å². The van der Waals surface area contributed by atoms with E-state index < -0.39 is 16.0 Å². The first-order valence-electron chi connectivity index (χ1n) is 7.62. The molecule has 0 unspecified atom stereocenters. The van der Waals surface area contributed by atoms with E-state index in [1.165, 1.54) is 44.6 Å². The highest BCUT2D eigenvalue weighted by Gasteiger charge is 2.21. The highest BCUT2D eigenvalue weighted by atomic mass is 35.5. The number of methoxy groups -OCH3 is 2. The fourth-order valence-electron chi connectivity index (χ4n) is 2.16. The summed E-state index contributed by atoms with van der Waals surface area (Å²) in [4.78, 5) is 12.1. The van der Waals surface area contributed by atoms with E-state index in [4.69, 9.17) is 25.8 Å². The largest absolute Gasteiger partial charge is 0.493 e. The van der Waals surface area contributed by atoms with Gasteiger partial charge in [0.05, 0.1) is 30.4 Å². The fourth-order valence-corrected chi connectivity index (χ4v) is 3.31. The molecule has 0 saturated heterocycles. The van der Waals surface area contributed by atoms with Gasteiger partial charge in [-0.25, -0.2) is 13.2 Å². The van der Waals surface area contributed by atoms with Crippen LogP contribution in [0.15, 0.2) is 59.0 Å². The van der Waals surface area contributed by atoms with E-state index in [2.05, 4.69) is 11.3 Å². The molecule has 0 heterocycles.